The van der Waals surface area contributed by atoms with Crippen LogP contribution in [0.3, 0.4) is 0 Å². The number of aromatic nitrogens is 3. The predicted molar refractivity (Wildman–Crippen MR) is 183 cm³/mol. The number of nitrogens with two attached hydrogens (primary N) is 2. The zero-order chi connectivity index (χ0) is 32.8. The first-order chi connectivity index (χ1) is 22.8. The van der Waals surface area contributed by atoms with E-state index < -0.39 is 0 Å². The van der Waals surface area contributed by atoms with Crippen LogP contribution in [0.15, 0.2) is 73.2 Å². The largest absolute Gasteiger partial charge is 0.383 e. The first-order valence-electron chi connectivity index (χ1n) is 16.6. The molecule has 47 heavy (non-hydrogen) atoms. The minimum absolute atomic E-state index is 0.0314. The zero-order valence-electron chi connectivity index (χ0n) is 27.1. The average Bonchev–Trinajstić information content (AvgIpc) is 3.71. The number of nitrogen functional groups attached to an aromatic ring is 1. The molecule has 10 heteroatoms. The van der Waals surface area contributed by atoms with E-state index in [1.54, 1.807) is 23.1 Å². The van der Waals surface area contributed by atoms with Gasteiger partial charge in [0.25, 0.3) is 5.91 Å². The summed E-state index contributed by atoms with van der Waals surface area (Å²) in [6.45, 7) is 3.36. The topological polar surface area (TPSA) is 141 Å². The smallest absolute Gasteiger partial charge is 0.255 e. The number of pyridine rings is 1. The van der Waals surface area contributed by atoms with Crippen LogP contribution in [0.2, 0.25) is 0 Å². The number of primary amides is 1. The Morgan fingerprint density at radius 3 is 2.28 bits per heavy atom. The highest BCUT2D eigenvalue weighted by atomic mass is 16.5. The number of amides is 2. The number of likely N-dealkylation sites (tertiary alicyclic amines) is 1. The number of anilines is 1. The van der Waals surface area contributed by atoms with Crippen LogP contribution in [0.4, 0.5) is 5.82 Å². The van der Waals surface area contributed by atoms with Gasteiger partial charge in [-0.2, -0.15) is 5.10 Å². The van der Waals surface area contributed by atoms with Gasteiger partial charge in [0.2, 0.25) is 5.91 Å². The Morgan fingerprint density at radius 2 is 1.62 bits per heavy atom. The van der Waals surface area contributed by atoms with Crippen LogP contribution in [0.25, 0.3) is 22.3 Å². The molecule has 1 saturated carbocycles. The summed E-state index contributed by atoms with van der Waals surface area (Å²) in [7, 11) is 1.85. The van der Waals surface area contributed by atoms with Crippen LogP contribution in [0.5, 0.6) is 0 Å². The second-order valence-electron chi connectivity index (χ2n) is 13.1. The summed E-state index contributed by atoms with van der Waals surface area (Å²) in [6, 6.07) is 19.3. The molecule has 1 unspecified atom stereocenters. The number of nitrogens with one attached hydrogen (secondary N) is 1. The molecule has 4 aromatic rings. The van der Waals surface area contributed by atoms with Crippen molar-refractivity contribution in [1.29, 1.82) is 0 Å². The van der Waals surface area contributed by atoms with Crippen LogP contribution >= 0.6 is 0 Å². The number of hydrogen-bond acceptors (Lipinski definition) is 7. The van der Waals surface area contributed by atoms with Crippen molar-refractivity contribution in [3.8, 4) is 22.3 Å². The molecule has 3 heterocycles. The van der Waals surface area contributed by atoms with Crippen LogP contribution in [-0.4, -0.2) is 63.8 Å². The van der Waals surface area contributed by atoms with E-state index in [2.05, 4.69) is 68.8 Å². The Balaban J connectivity index is 0.962. The monoisotopic (exact) mass is 635 g/mol. The molecule has 6 rings (SSSR count). The maximum atomic E-state index is 13.2. The van der Waals surface area contributed by atoms with Gasteiger partial charge < -0.3 is 21.5 Å². The number of ether oxygens (including phenoxy) is 1. The summed E-state index contributed by atoms with van der Waals surface area (Å²) in [5.74, 6) is 0.658. The second-order valence-corrected chi connectivity index (χ2v) is 13.1. The van der Waals surface area contributed by atoms with E-state index in [1.807, 2.05) is 13.2 Å². The van der Waals surface area contributed by atoms with Crippen molar-refractivity contribution in [2.24, 2.45) is 24.6 Å². The van der Waals surface area contributed by atoms with E-state index in [1.165, 1.54) is 16.7 Å². The van der Waals surface area contributed by atoms with Gasteiger partial charge in [0, 0.05) is 42.5 Å². The molecule has 2 fully saturated rings. The molecule has 0 radical (unpaired) electrons. The van der Waals surface area contributed by atoms with E-state index in [0.717, 1.165) is 68.3 Å². The molecular formula is C37H45N7O3. The molecule has 2 atom stereocenters. The second kappa shape index (κ2) is 14.9. The Bertz CT molecular complexity index is 1660. The molecule has 2 aromatic carbocycles. The van der Waals surface area contributed by atoms with Crippen LogP contribution in [0, 0.1) is 11.8 Å². The van der Waals surface area contributed by atoms with Gasteiger partial charge >= 0.3 is 0 Å². The molecule has 1 aliphatic heterocycles. The molecular weight excluding hydrogens is 590 g/mol. The number of hydrogen-bond donors (Lipinski definition) is 3. The molecule has 2 aromatic heterocycles. The van der Waals surface area contributed by atoms with Gasteiger partial charge in [-0.1, -0.05) is 55.0 Å². The Hall–Kier alpha value is -4.54. The van der Waals surface area contributed by atoms with Crippen molar-refractivity contribution in [3.63, 3.8) is 0 Å². The van der Waals surface area contributed by atoms with Crippen LogP contribution in [0.1, 0.15) is 53.6 Å². The molecule has 10 nitrogen and oxygen atoms in total. The normalized spacial score (nSPS) is 18.7. The van der Waals surface area contributed by atoms with Crippen molar-refractivity contribution < 1.29 is 14.3 Å². The fourth-order valence-electron chi connectivity index (χ4n) is 6.92. The van der Waals surface area contributed by atoms with Crippen LogP contribution < -0.4 is 16.8 Å². The van der Waals surface area contributed by atoms with E-state index >= 15 is 0 Å². The van der Waals surface area contributed by atoms with Crippen LogP contribution in [-0.2, 0) is 29.6 Å². The maximum Gasteiger partial charge on any atom is 0.255 e. The molecule has 0 spiro atoms. The summed E-state index contributed by atoms with van der Waals surface area (Å²) in [5.41, 5.74) is 18.4. The SMILES string of the molecule is Cn1cc(-c2cnc(N)c(C(=O)N[C@H]3CCCC3COCc3ccc(-c4ccc(CC5CCN(CC(N)=O)CC5)cc4)cc3)c2)cn1. The number of aryl methyl sites for hydroxylation is 1. The van der Waals surface area contributed by atoms with Gasteiger partial charge in [-0.15, -0.1) is 0 Å². The minimum Gasteiger partial charge on any atom is -0.383 e. The Kier molecular flexibility index (Phi) is 10.3. The van der Waals surface area contributed by atoms with E-state index in [9.17, 15) is 9.59 Å². The Labute approximate surface area is 276 Å². The molecule has 1 aliphatic carbocycles. The first kappa shape index (κ1) is 32.4. The van der Waals surface area contributed by atoms with Gasteiger partial charge in [-0.25, -0.2) is 4.98 Å². The molecule has 5 N–H and O–H groups in total. The van der Waals surface area contributed by atoms with Crippen molar-refractivity contribution in [2.45, 2.75) is 51.2 Å². The van der Waals surface area contributed by atoms with Crippen molar-refractivity contribution >= 4 is 17.6 Å². The molecule has 2 amide bonds. The maximum absolute atomic E-state index is 13.2. The van der Waals surface area contributed by atoms with E-state index in [0.29, 0.717) is 31.2 Å². The quantitative estimate of drug-likeness (QED) is 0.207. The number of rotatable bonds is 12. The molecule has 2 aliphatic rings. The highest BCUT2D eigenvalue weighted by molar-refractivity contribution is 5.99. The summed E-state index contributed by atoms with van der Waals surface area (Å²) in [4.78, 5) is 30.8. The lowest BCUT2D eigenvalue weighted by Crippen LogP contribution is -2.39. The van der Waals surface area contributed by atoms with Crippen molar-refractivity contribution in [3.05, 3.63) is 89.9 Å². The van der Waals surface area contributed by atoms with Gasteiger partial charge in [0.1, 0.15) is 5.82 Å². The fraction of sp³-hybridized carbons (Fsp3) is 0.405. The number of nitrogens with zero attached hydrogens (tertiary/aromatic N) is 4. The number of piperidine rings is 1. The lowest BCUT2D eigenvalue weighted by Gasteiger charge is -2.31. The molecule has 246 valence electrons. The van der Waals surface area contributed by atoms with Gasteiger partial charge in [0.05, 0.1) is 31.5 Å². The van der Waals surface area contributed by atoms with E-state index in [4.69, 9.17) is 16.2 Å². The van der Waals surface area contributed by atoms with Gasteiger partial charge in [0.15, 0.2) is 0 Å². The lowest BCUT2D eigenvalue weighted by atomic mass is 9.89. The first-order valence-corrected chi connectivity index (χ1v) is 16.6. The van der Waals surface area contributed by atoms with Gasteiger partial charge in [-0.3, -0.25) is 19.2 Å². The van der Waals surface area contributed by atoms with Crippen molar-refractivity contribution in [2.75, 3.05) is 32.0 Å². The predicted octanol–water partition coefficient (Wildman–Crippen LogP) is 4.59. The summed E-state index contributed by atoms with van der Waals surface area (Å²) >= 11 is 0. The third-order valence-electron chi connectivity index (χ3n) is 9.63. The Morgan fingerprint density at radius 1 is 0.915 bits per heavy atom. The summed E-state index contributed by atoms with van der Waals surface area (Å²) < 4.78 is 7.87. The third-order valence-corrected chi connectivity index (χ3v) is 9.63. The molecule has 0 bridgehead atoms. The summed E-state index contributed by atoms with van der Waals surface area (Å²) in [6.07, 6.45) is 11.5. The number of carbonyl (C=O) groups is 2. The lowest BCUT2D eigenvalue weighted by molar-refractivity contribution is -0.119. The van der Waals surface area contributed by atoms with E-state index in [-0.39, 0.29) is 29.6 Å². The molecule has 1 saturated heterocycles. The fourth-order valence-corrected chi connectivity index (χ4v) is 6.92. The number of benzene rings is 2. The van der Waals surface area contributed by atoms with Gasteiger partial charge in [-0.05, 0) is 79.4 Å². The average molecular weight is 636 g/mol. The minimum atomic E-state index is -0.245. The number of carbonyl (C=O) groups excluding carboxylic acids is 2. The van der Waals surface area contributed by atoms with Crippen molar-refractivity contribution in [1.82, 2.24) is 25.0 Å². The zero-order valence-corrected chi connectivity index (χ0v) is 27.1. The highest BCUT2D eigenvalue weighted by Crippen LogP contribution is 2.29. The third kappa shape index (κ3) is 8.44. The summed E-state index contributed by atoms with van der Waals surface area (Å²) in [5, 5.41) is 7.41. The highest BCUT2D eigenvalue weighted by Gasteiger charge is 2.30. The standard InChI is InChI=1S/C37H45N7O3/c1-43-21-32(20-41-43)31-18-33(36(39)40-19-31)37(46)42-34-4-2-3-30(34)24-47-23-27-7-11-29(12-8-27)28-9-5-25(6-10-28)17-26-13-15-44(16-14-26)22-35(38)45/h5-12,18-21,26,30,34H,2-4,13-17,22-24H2,1H3,(H2,38,45)(H2,39,40)(H,42,46)/t30?,34-/m0/s1.